The third-order valence-electron chi connectivity index (χ3n) is 1.60. The molecule has 13 heavy (non-hydrogen) atoms. The number of aliphatic hydroxyl groups is 1. The third kappa shape index (κ3) is 2.27. The van der Waals surface area contributed by atoms with Crippen LogP contribution in [-0.2, 0) is 4.74 Å². The van der Waals surface area contributed by atoms with Crippen LogP contribution in [0.25, 0.3) is 0 Å². The first-order chi connectivity index (χ1) is 6.15. The molecule has 1 atom stereocenters. The van der Waals surface area contributed by atoms with Crippen molar-refractivity contribution in [3.05, 3.63) is 29.8 Å². The van der Waals surface area contributed by atoms with Gasteiger partial charge in [0.05, 0.1) is 0 Å². The Bertz CT molecular complexity index is 291. The summed E-state index contributed by atoms with van der Waals surface area (Å²) >= 11 is 0. The fraction of sp³-hybridized carbons (Fsp3) is 0.222. The number of methoxy groups -OCH3 is 1. The van der Waals surface area contributed by atoms with E-state index in [4.69, 9.17) is 10.2 Å². The highest BCUT2D eigenvalue weighted by atomic mass is 16.6. The Hall–Kier alpha value is -1.39. The summed E-state index contributed by atoms with van der Waals surface area (Å²) in [5.74, 6) is -0.453. The summed E-state index contributed by atoms with van der Waals surface area (Å²) in [5.41, 5.74) is 0.298. The molecule has 0 saturated heterocycles. The van der Waals surface area contributed by atoms with E-state index < -0.39 is 12.1 Å². The van der Waals surface area contributed by atoms with Gasteiger partial charge in [0, 0.05) is 12.7 Å². The van der Waals surface area contributed by atoms with Gasteiger partial charge in [-0.15, -0.1) is 0 Å². The molecule has 1 unspecified atom stereocenters. The average Bonchev–Trinajstić information content (AvgIpc) is 2.17. The Labute approximate surface area is 75.4 Å². The second kappa shape index (κ2) is 4.02. The molecule has 1 aromatic rings. The van der Waals surface area contributed by atoms with E-state index in [1.807, 2.05) is 0 Å². The van der Waals surface area contributed by atoms with E-state index in [2.05, 4.69) is 4.74 Å². The molecule has 0 aliphatic heterocycles. The van der Waals surface area contributed by atoms with E-state index in [1.54, 1.807) is 0 Å². The van der Waals surface area contributed by atoms with Crippen LogP contribution < -0.4 is 0 Å². The molecule has 4 heteroatoms. The van der Waals surface area contributed by atoms with Gasteiger partial charge in [-0.05, 0) is 24.3 Å². The van der Waals surface area contributed by atoms with Gasteiger partial charge in [0.1, 0.15) is 5.75 Å². The normalized spacial score (nSPS) is 12.5. The smallest absolute Gasteiger partial charge is 0.219 e. The summed E-state index contributed by atoms with van der Waals surface area (Å²) in [5, 5.41) is 17.9. The van der Waals surface area contributed by atoms with Crippen molar-refractivity contribution in [3.63, 3.8) is 0 Å². The summed E-state index contributed by atoms with van der Waals surface area (Å²) < 4.78 is 4.44. The van der Waals surface area contributed by atoms with E-state index in [0.29, 0.717) is 5.56 Å². The Morgan fingerprint density at radius 1 is 1.38 bits per heavy atom. The van der Waals surface area contributed by atoms with Gasteiger partial charge in [-0.3, -0.25) is 4.79 Å². The van der Waals surface area contributed by atoms with Crippen molar-refractivity contribution >= 4 is 5.78 Å². The number of aliphatic hydroxyl groups excluding tert-OH is 1. The van der Waals surface area contributed by atoms with Crippen molar-refractivity contribution in [2.45, 2.75) is 6.29 Å². The fourth-order valence-corrected chi connectivity index (χ4v) is 0.875. The molecule has 0 fully saturated rings. The zero-order valence-corrected chi connectivity index (χ0v) is 7.10. The van der Waals surface area contributed by atoms with Crippen molar-refractivity contribution in [3.8, 4) is 5.75 Å². The molecule has 0 radical (unpaired) electrons. The number of Topliss-reactive ketones (excluding diaryl/α,β-unsaturated/α-hetero) is 1. The molecule has 70 valence electrons. The van der Waals surface area contributed by atoms with Gasteiger partial charge in [0.2, 0.25) is 12.1 Å². The average molecular weight is 182 g/mol. The first-order valence-corrected chi connectivity index (χ1v) is 3.69. The lowest BCUT2D eigenvalue weighted by Gasteiger charge is -2.06. The lowest BCUT2D eigenvalue weighted by atomic mass is 10.1. The Morgan fingerprint density at radius 2 is 1.92 bits per heavy atom. The van der Waals surface area contributed by atoms with Crippen molar-refractivity contribution in [1.29, 1.82) is 0 Å². The van der Waals surface area contributed by atoms with E-state index >= 15 is 0 Å². The van der Waals surface area contributed by atoms with E-state index in [1.165, 1.54) is 31.4 Å². The van der Waals surface area contributed by atoms with Gasteiger partial charge < -0.3 is 14.9 Å². The Balaban J connectivity index is 2.83. The van der Waals surface area contributed by atoms with Gasteiger partial charge >= 0.3 is 0 Å². The molecule has 0 bridgehead atoms. The lowest BCUT2D eigenvalue weighted by Crippen LogP contribution is -2.21. The maximum Gasteiger partial charge on any atom is 0.219 e. The molecule has 0 heterocycles. The second-order valence-corrected chi connectivity index (χ2v) is 2.50. The molecule has 1 aromatic carbocycles. The number of rotatable bonds is 3. The van der Waals surface area contributed by atoms with Crippen LogP contribution in [0.3, 0.4) is 0 Å². The first-order valence-electron chi connectivity index (χ1n) is 3.69. The number of ether oxygens (including phenoxy) is 1. The number of phenolic OH excluding ortho intramolecular Hbond substituents is 1. The summed E-state index contributed by atoms with van der Waals surface area (Å²) in [6, 6.07) is 5.57. The quantitative estimate of drug-likeness (QED) is 0.529. The van der Waals surface area contributed by atoms with Gasteiger partial charge in [-0.2, -0.15) is 0 Å². The van der Waals surface area contributed by atoms with Crippen LogP contribution in [-0.4, -0.2) is 29.4 Å². The molecule has 0 amide bonds. The fourth-order valence-electron chi connectivity index (χ4n) is 0.875. The summed E-state index contributed by atoms with van der Waals surface area (Å²) in [6.07, 6.45) is -1.44. The minimum Gasteiger partial charge on any atom is -0.508 e. The summed E-state index contributed by atoms with van der Waals surface area (Å²) in [7, 11) is 1.24. The van der Waals surface area contributed by atoms with Crippen LogP contribution in [0.2, 0.25) is 0 Å². The number of benzene rings is 1. The number of phenols is 1. The maximum atomic E-state index is 11.2. The highest BCUT2D eigenvalue weighted by Crippen LogP contribution is 2.11. The molecule has 0 aliphatic rings. The zero-order valence-electron chi connectivity index (χ0n) is 7.10. The van der Waals surface area contributed by atoms with Gasteiger partial charge in [-0.25, -0.2) is 0 Å². The molecule has 4 nitrogen and oxygen atoms in total. The molecule has 1 rings (SSSR count). The van der Waals surface area contributed by atoms with Crippen LogP contribution in [0, 0.1) is 0 Å². The van der Waals surface area contributed by atoms with Crippen LogP contribution in [0.15, 0.2) is 24.3 Å². The van der Waals surface area contributed by atoms with Crippen LogP contribution in [0.4, 0.5) is 0 Å². The topological polar surface area (TPSA) is 66.8 Å². The molecule has 2 N–H and O–H groups in total. The molecule has 0 aromatic heterocycles. The minimum atomic E-state index is -1.44. The minimum absolute atomic E-state index is 0.0726. The second-order valence-electron chi connectivity index (χ2n) is 2.50. The standard InChI is InChI=1S/C9H10O4/c1-13-9(12)8(11)6-2-4-7(10)5-3-6/h2-5,9-10,12H,1H3. The van der Waals surface area contributed by atoms with E-state index in [9.17, 15) is 4.79 Å². The predicted octanol–water partition coefficient (Wildman–Crippen LogP) is 0.540. The molecule has 0 saturated carbocycles. The molecular weight excluding hydrogens is 172 g/mol. The lowest BCUT2D eigenvalue weighted by molar-refractivity contribution is -0.0483. The molecular formula is C9H10O4. The highest BCUT2D eigenvalue weighted by Gasteiger charge is 2.15. The first kappa shape index (κ1) is 9.70. The van der Waals surface area contributed by atoms with Gasteiger partial charge in [0.15, 0.2) is 0 Å². The number of carbonyl (C=O) groups excluding carboxylic acids is 1. The summed E-state index contributed by atoms with van der Waals surface area (Å²) in [6.45, 7) is 0. The largest absolute Gasteiger partial charge is 0.508 e. The van der Waals surface area contributed by atoms with Crippen molar-refractivity contribution < 1.29 is 19.7 Å². The molecule has 0 aliphatic carbocycles. The third-order valence-corrected chi connectivity index (χ3v) is 1.60. The van der Waals surface area contributed by atoms with Crippen molar-refractivity contribution in [2.24, 2.45) is 0 Å². The van der Waals surface area contributed by atoms with E-state index in [-0.39, 0.29) is 5.75 Å². The zero-order chi connectivity index (χ0) is 9.84. The SMILES string of the molecule is COC(O)C(=O)c1ccc(O)cc1. The molecule has 0 spiro atoms. The monoisotopic (exact) mass is 182 g/mol. The Morgan fingerprint density at radius 3 is 2.38 bits per heavy atom. The number of hydrogen-bond donors (Lipinski definition) is 2. The Kier molecular flexibility index (Phi) is 3.00. The predicted molar refractivity (Wildman–Crippen MR) is 45.5 cm³/mol. The van der Waals surface area contributed by atoms with Gasteiger partial charge in [0.25, 0.3) is 0 Å². The number of ketones is 1. The van der Waals surface area contributed by atoms with Crippen LogP contribution in [0.5, 0.6) is 5.75 Å². The highest BCUT2D eigenvalue weighted by molar-refractivity contribution is 5.98. The van der Waals surface area contributed by atoms with Crippen LogP contribution in [0.1, 0.15) is 10.4 Å². The number of carbonyl (C=O) groups is 1. The maximum absolute atomic E-state index is 11.2. The van der Waals surface area contributed by atoms with Crippen LogP contribution >= 0.6 is 0 Å². The van der Waals surface area contributed by atoms with Crippen molar-refractivity contribution in [2.75, 3.05) is 7.11 Å². The number of hydrogen-bond acceptors (Lipinski definition) is 4. The number of aromatic hydroxyl groups is 1. The van der Waals surface area contributed by atoms with E-state index in [0.717, 1.165) is 0 Å². The van der Waals surface area contributed by atoms with Crippen molar-refractivity contribution in [1.82, 2.24) is 0 Å². The van der Waals surface area contributed by atoms with Gasteiger partial charge in [-0.1, -0.05) is 0 Å². The summed E-state index contributed by atoms with van der Waals surface area (Å²) in [4.78, 5) is 11.2.